The van der Waals surface area contributed by atoms with Gasteiger partial charge in [-0.2, -0.15) is 0 Å². The zero-order valence-electron chi connectivity index (χ0n) is 9.93. The van der Waals surface area contributed by atoms with Gasteiger partial charge in [0.05, 0.1) is 0 Å². The van der Waals surface area contributed by atoms with Crippen molar-refractivity contribution in [3.63, 3.8) is 0 Å². The Bertz CT molecular complexity index is 274. The van der Waals surface area contributed by atoms with E-state index in [-0.39, 0.29) is 0 Å². The molecule has 2 fully saturated rings. The van der Waals surface area contributed by atoms with Crippen LogP contribution in [-0.2, 0) is 0 Å². The molecule has 0 aromatic rings. The molecule has 2 aliphatic carbocycles. The molecule has 0 spiro atoms. The Hall–Kier alpha value is -0.223. The second-order valence-corrected chi connectivity index (χ2v) is 11.0. The van der Waals surface area contributed by atoms with Crippen LogP contribution in [0.15, 0.2) is 0 Å². The fraction of sp³-hybridized carbons (Fsp3) is 0.846. The first kappa shape index (κ1) is 10.3. The van der Waals surface area contributed by atoms with Gasteiger partial charge < -0.3 is 0 Å². The normalized spacial score (nSPS) is 40.9. The van der Waals surface area contributed by atoms with Gasteiger partial charge in [0.2, 0.25) is 0 Å². The van der Waals surface area contributed by atoms with Gasteiger partial charge in [0, 0.05) is 5.92 Å². The van der Waals surface area contributed by atoms with Crippen LogP contribution in [-0.4, -0.2) is 8.07 Å². The van der Waals surface area contributed by atoms with Crippen LogP contribution in [0.25, 0.3) is 0 Å². The molecule has 0 aromatic carbocycles. The van der Waals surface area contributed by atoms with Gasteiger partial charge in [-0.15, -0.1) is 11.5 Å². The monoisotopic (exact) mass is 206 g/mol. The minimum atomic E-state index is -1.14. The summed E-state index contributed by atoms with van der Waals surface area (Å²) >= 11 is 0. The second kappa shape index (κ2) is 3.42. The van der Waals surface area contributed by atoms with Crippen molar-refractivity contribution in [3.05, 3.63) is 0 Å². The van der Waals surface area contributed by atoms with Crippen LogP contribution in [0.3, 0.4) is 0 Å². The summed E-state index contributed by atoms with van der Waals surface area (Å²) in [6.07, 6.45) is 4.42. The van der Waals surface area contributed by atoms with Gasteiger partial charge in [-0.3, -0.25) is 0 Å². The maximum Gasteiger partial charge on any atom is 0.129 e. The summed E-state index contributed by atoms with van der Waals surface area (Å²) in [5, 5.41) is 0. The summed E-state index contributed by atoms with van der Waals surface area (Å²) in [6.45, 7) is 9.46. The van der Waals surface area contributed by atoms with Crippen molar-refractivity contribution >= 4 is 8.07 Å². The molecule has 0 saturated heterocycles. The molecule has 2 bridgehead atoms. The van der Waals surface area contributed by atoms with Crippen LogP contribution >= 0.6 is 0 Å². The molecule has 2 saturated carbocycles. The number of hydrogen-bond donors (Lipinski definition) is 0. The lowest BCUT2D eigenvalue weighted by molar-refractivity contribution is 0.297. The van der Waals surface area contributed by atoms with E-state index < -0.39 is 8.07 Å². The number of rotatable bonds is 0. The van der Waals surface area contributed by atoms with Gasteiger partial charge in [0.1, 0.15) is 8.07 Å². The maximum atomic E-state index is 3.61. The Morgan fingerprint density at radius 2 is 1.71 bits per heavy atom. The quantitative estimate of drug-likeness (QED) is 0.420. The highest BCUT2D eigenvalue weighted by atomic mass is 28.3. The summed E-state index contributed by atoms with van der Waals surface area (Å²) in [4.78, 5) is 0. The van der Waals surface area contributed by atoms with Gasteiger partial charge in [0.15, 0.2) is 0 Å². The Balaban J connectivity index is 2.08. The summed E-state index contributed by atoms with van der Waals surface area (Å²) in [7, 11) is -1.14. The Morgan fingerprint density at radius 3 is 2.21 bits per heavy atom. The van der Waals surface area contributed by atoms with Crippen LogP contribution in [0.5, 0.6) is 0 Å². The average molecular weight is 206 g/mol. The molecular weight excluding hydrogens is 184 g/mol. The van der Waals surface area contributed by atoms with E-state index in [1.807, 2.05) is 0 Å². The van der Waals surface area contributed by atoms with Crippen molar-refractivity contribution < 1.29 is 0 Å². The van der Waals surface area contributed by atoms with Crippen LogP contribution in [0.1, 0.15) is 26.2 Å². The van der Waals surface area contributed by atoms with E-state index in [1.54, 1.807) is 0 Å². The predicted octanol–water partition coefficient (Wildman–Crippen LogP) is 3.55. The predicted molar refractivity (Wildman–Crippen MR) is 64.6 cm³/mol. The molecule has 0 nitrogen and oxygen atoms in total. The smallest absolute Gasteiger partial charge is 0.129 e. The van der Waals surface area contributed by atoms with Gasteiger partial charge in [-0.25, -0.2) is 0 Å². The first-order valence-electron chi connectivity index (χ1n) is 6.00. The first-order chi connectivity index (χ1) is 6.47. The topological polar surface area (TPSA) is 0 Å². The molecule has 0 aliphatic heterocycles. The minimum absolute atomic E-state index is 0.750. The molecule has 0 radical (unpaired) electrons. The van der Waals surface area contributed by atoms with E-state index in [4.69, 9.17) is 0 Å². The summed E-state index contributed by atoms with van der Waals surface area (Å²) < 4.78 is 0. The largest absolute Gasteiger partial charge is 0.132 e. The minimum Gasteiger partial charge on any atom is -0.132 e. The van der Waals surface area contributed by atoms with E-state index in [1.165, 1.54) is 19.3 Å². The Labute approximate surface area is 89.5 Å². The lowest BCUT2D eigenvalue weighted by Gasteiger charge is -2.24. The number of fused-ring (bicyclic) bond motifs is 2. The lowest BCUT2D eigenvalue weighted by Crippen LogP contribution is -2.21. The van der Waals surface area contributed by atoms with Crippen LogP contribution < -0.4 is 0 Å². The van der Waals surface area contributed by atoms with E-state index in [9.17, 15) is 0 Å². The summed E-state index contributed by atoms with van der Waals surface area (Å²) in [5.41, 5.74) is 3.57. The molecule has 2 aliphatic rings. The highest BCUT2D eigenvalue weighted by molar-refractivity contribution is 6.83. The zero-order chi connectivity index (χ0) is 10.3. The van der Waals surface area contributed by atoms with E-state index in [0.29, 0.717) is 0 Å². The molecule has 0 N–H and O–H groups in total. The third-order valence-electron chi connectivity index (χ3n) is 3.95. The SMILES string of the molecule is CC1C2CCC(C2)C1C#C[Si](C)(C)C. The van der Waals surface area contributed by atoms with Gasteiger partial charge in [0.25, 0.3) is 0 Å². The molecule has 14 heavy (non-hydrogen) atoms. The van der Waals surface area contributed by atoms with E-state index in [0.717, 1.165) is 23.7 Å². The fourth-order valence-corrected chi connectivity index (χ4v) is 3.73. The van der Waals surface area contributed by atoms with Crippen molar-refractivity contribution in [2.24, 2.45) is 23.7 Å². The third kappa shape index (κ3) is 1.91. The highest BCUT2D eigenvalue weighted by Gasteiger charge is 2.44. The van der Waals surface area contributed by atoms with Crippen molar-refractivity contribution in [2.45, 2.75) is 45.8 Å². The Kier molecular flexibility index (Phi) is 2.51. The van der Waals surface area contributed by atoms with Crippen molar-refractivity contribution in [1.29, 1.82) is 0 Å². The second-order valence-electron chi connectivity index (χ2n) is 6.24. The average Bonchev–Trinajstić information content (AvgIpc) is 2.60. The summed E-state index contributed by atoms with van der Waals surface area (Å²) in [5.74, 6) is 7.22. The van der Waals surface area contributed by atoms with Crippen molar-refractivity contribution in [2.75, 3.05) is 0 Å². The lowest BCUT2D eigenvalue weighted by atomic mass is 9.81. The third-order valence-corrected chi connectivity index (χ3v) is 4.84. The van der Waals surface area contributed by atoms with Crippen LogP contribution in [0.4, 0.5) is 0 Å². The molecule has 4 unspecified atom stereocenters. The Morgan fingerprint density at radius 1 is 1.07 bits per heavy atom. The van der Waals surface area contributed by atoms with Gasteiger partial charge in [-0.05, 0) is 37.0 Å². The molecule has 1 heteroatoms. The highest BCUT2D eigenvalue weighted by Crippen LogP contribution is 2.51. The molecular formula is C13H22Si. The summed E-state index contributed by atoms with van der Waals surface area (Å²) in [6, 6.07) is 0. The maximum absolute atomic E-state index is 3.61. The molecule has 0 aromatic heterocycles. The molecule has 78 valence electrons. The van der Waals surface area contributed by atoms with Gasteiger partial charge in [-0.1, -0.05) is 26.6 Å². The van der Waals surface area contributed by atoms with E-state index >= 15 is 0 Å². The van der Waals surface area contributed by atoms with Crippen molar-refractivity contribution in [3.8, 4) is 11.5 Å². The zero-order valence-corrected chi connectivity index (χ0v) is 10.9. The number of hydrogen-bond acceptors (Lipinski definition) is 0. The molecule has 4 atom stereocenters. The molecule has 0 heterocycles. The van der Waals surface area contributed by atoms with Gasteiger partial charge >= 0.3 is 0 Å². The standard InChI is InChI=1S/C13H22Si/c1-10-11-5-6-12(9-11)13(10)7-8-14(2,3)4/h10-13H,5-6,9H2,1-4H3. The van der Waals surface area contributed by atoms with Crippen molar-refractivity contribution in [1.82, 2.24) is 0 Å². The van der Waals surface area contributed by atoms with E-state index in [2.05, 4.69) is 38.0 Å². The molecule has 0 amide bonds. The fourth-order valence-electron chi connectivity index (χ4n) is 3.13. The van der Waals surface area contributed by atoms with Crippen LogP contribution in [0, 0.1) is 35.1 Å². The first-order valence-corrected chi connectivity index (χ1v) is 9.50. The molecule has 2 rings (SSSR count). The van der Waals surface area contributed by atoms with Crippen LogP contribution in [0.2, 0.25) is 19.6 Å².